The monoisotopic (exact) mass is 394 g/mol. The van der Waals surface area contributed by atoms with E-state index >= 15 is 0 Å². The lowest BCUT2D eigenvalue weighted by atomic mass is 9.94. The van der Waals surface area contributed by atoms with Gasteiger partial charge in [0, 0.05) is 23.3 Å². The highest BCUT2D eigenvalue weighted by molar-refractivity contribution is 6.24. The first kappa shape index (κ1) is 20.3. The Kier molecular flexibility index (Phi) is 6.87. The van der Waals surface area contributed by atoms with Crippen LogP contribution in [-0.2, 0) is 6.42 Å². The topological polar surface area (TPSA) is 24.7 Å². The molecule has 0 unspecified atom stereocenters. The molecule has 0 saturated heterocycles. The lowest BCUT2D eigenvalue weighted by Crippen LogP contribution is -2.07. The van der Waals surface area contributed by atoms with E-state index in [1.54, 1.807) is 0 Å². The van der Waals surface area contributed by atoms with Crippen LogP contribution in [0.15, 0.2) is 89.1 Å². The molecule has 0 aliphatic heterocycles. The van der Waals surface area contributed by atoms with Gasteiger partial charge in [0.15, 0.2) is 0 Å². The van der Waals surface area contributed by atoms with Crippen molar-refractivity contribution in [2.24, 2.45) is 16.1 Å². The summed E-state index contributed by atoms with van der Waals surface area (Å²) < 4.78 is 0. The zero-order chi connectivity index (χ0) is 20.6. The summed E-state index contributed by atoms with van der Waals surface area (Å²) in [4.78, 5) is 0. The highest BCUT2D eigenvalue weighted by Crippen LogP contribution is 2.36. The second-order valence-electron chi connectivity index (χ2n) is 8.10. The van der Waals surface area contributed by atoms with E-state index in [1.807, 2.05) is 0 Å². The fourth-order valence-electron chi connectivity index (χ4n) is 4.27. The molecule has 0 spiro atoms. The molecule has 1 aliphatic rings. The highest BCUT2D eigenvalue weighted by Gasteiger charge is 2.23. The summed E-state index contributed by atoms with van der Waals surface area (Å²) in [6.07, 6.45) is 9.39. The summed E-state index contributed by atoms with van der Waals surface area (Å²) in [5.41, 5.74) is 7.22. The number of fused-ring (bicyclic) bond motifs is 3. The second-order valence-corrected chi connectivity index (χ2v) is 8.10. The molecule has 0 fully saturated rings. The van der Waals surface area contributed by atoms with E-state index in [0.29, 0.717) is 5.92 Å². The van der Waals surface area contributed by atoms with E-state index in [9.17, 15) is 0 Å². The lowest BCUT2D eigenvalue weighted by molar-refractivity contribution is 0.555. The summed E-state index contributed by atoms with van der Waals surface area (Å²) in [6.45, 7) is 2.26. The Morgan fingerprint density at radius 2 is 1.30 bits per heavy atom. The zero-order valence-corrected chi connectivity index (χ0v) is 17.8. The Morgan fingerprint density at radius 3 is 1.93 bits per heavy atom. The summed E-state index contributed by atoms with van der Waals surface area (Å²) in [6, 6.07) is 27.7. The van der Waals surface area contributed by atoms with Gasteiger partial charge in [-0.1, -0.05) is 111 Å². The van der Waals surface area contributed by atoms with Crippen molar-refractivity contribution in [2.45, 2.75) is 45.4 Å². The van der Waals surface area contributed by atoms with Crippen LogP contribution in [0.4, 0.5) is 0 Å². The number of hydrogen-bond acceptors (Lipinski definition) is 2. The highest BCUT2D eigenvalue weighted by atomic mass is 15.2. The molecule has 1 aliphatic carbocycles. The number of hydrogen-bond donors (Lipinski definition) is 0. The van der Waals surface area contributed by atoms with Gasteiger partial charge in [-0.2, -0.15) is 10.2 Å². The maximum Gasteiger partial charge on any atom is 0.101 e. The Hall–Kier alpha value is -3.00. The first-order valence-electron chi connectivity index (χ1n) is 11.2. The van der Waals surface area contributed by atoms with E-state index in [2.05, 4.69) is 97.1 Å². The minimum Gasteiger partial charge on any atom is -0.163 e. The third-order valence-electron chi connectivity index (χ3n) is 5.86. The summed E-state index contributed by atoms with van der Waals surface area (Å²) in [5, 5.41) is 9.33. The Balaban J connectivity index is 1.55. The largest absolute Gasteiger partial charge is 0.163 e. The van der Waals surface area contributed by atoms with Gasteiger partial charge >= 0.3 is 0 Å². The minimum atomic E-state index is 0.417. The summed E-state index contributed by atoms with van der Waals surface area (Å²) in [7, 11) is 0. The molecule has 4 rings (SSSR count). The number of nitrogens with zero attached hydrogens (tertiary/aromatic N) is 2. The molecule has 0 N–H and O–H groups in total. The predicted octanol–water partition coefficient (Wildman–Crippen LogP) is 7.32. The maximum atomic E-state index is 4.72. The Labute approximate surface area is 180 Å². The van der Waals surface area contributed by atoms with Crippen LogP contribution < -0.4 is 0 Å². The van der Waals surface area contributed by atoms with E-state index in [4.69, 9.17) is 5.10 Å². The van der Waals surface area contributed by atoms with Crippen molar-refractivity contribution in [1.29, 1.82) is 0 Å². The third-order valence-corrected chi connectivity index (χ3v) is 5.86. The maximum absolute atomic E-state index is 4.72. The summed E-state index contributed by atoms with van der Waals surface area (Å²) in [5.74, 6) is 0.417. The van der Waals surface area contributed by atoms with Crippen LogP contribution in [0.3, 0.4) is 0 Å². The smallest absolute Gasteiger partial charge is 0.101 e. The van der Waals surface area contributed by atoms with Gasteiger partial charge in [-0.05, 0) is 29.5 Å². The van der Waals surface area contributed by atoms with E-state index in [1.165, 1.54) is 53.5 Å². The average Bonchev–Trinajstić information content (AvgIpc) is 3.11. The number of rotatable bonds is 9. The first-order valence-corrected chi connectivity index (χ1v) is 11.2. The Morgan fingerprint density at radius 1 is 0.700 bits per heavy atom. The molecular weight excluding hydrogens is 364 g/mol. The average molecular weight is 395 g/mol. The van der Waals surface area contributed by atoms with Gasteiger partial charge in [-0.25, -0.2) is 0 Å². The zero-order valence-electron chi connectivity index (χ0n) is 17.8. The lowest BCUT2D eigenvalue weighted by Gasteiger charge is -2.11. The van der Waals surface area contributed by atoms with Crippen LogP contribution in [0.25, 0.3) is 11.1 Å². The van der Waals surface area contributed by atoms with Crippen LogP contribution >= 0.6 is 0 Å². The predicted molar refractivity (Wildman–Crippen MR) is 128 cm³/mol. The second kappa shape index (κ2) is 10.2. The molecular formula is C28H30N2. The Bertz CT molecular complexity index is 970. The fraction of sp³-hybridized carbons (Fsp3) is 0.286. The van der Waals surface area contributed by atoms with E-state index in [0.717, 1.165) is 18.6 Å². The van der Waals surface area contributed by atoms with Crippen LogP contribution in [0.5, 0.6) is 0 Å². The van der Waals surface area contributed by atoms with Crippen molar-refractivity contribution in [3.05, 3.63) is 95.6 Å². The van der Waals surface area contributed by atoms with Crippen molar-refractivity contribution in [2.75, 3.05) is 0 Å². The molecule has 0 bridgehead atoms. The van der Waals surface area contributed by atoms with Gasteiger partial charge in [-0.3, -0.25) is 0 Å². The van der Waals surface area contributed by atoms with Crippen molar-refractivity contribution < 1.29 is 0 Å². The van der Waals surface area contributed by atoms with Crippen LogP contribution in [0.2, 0.25) is 0 Å². The molecule has 0 radical (unpaired) electrons. The molecule has 0 amide bonds. The minimum absolute atomic E-state index is 0.417. The number of benzene rings is 3. The molecule has 0 aromatic heterocycles. The van der Waals surface area contributed by atoms with Gasteiger partial charge < -0.3 is 0 Å². The quantitative estimate of drug-likeness (QED) is 0.161. The SMILES string of the molecule is CCCCCC[C@@H](/C=N\N=C1c2ccccc2-c2ccccc21)Cc1ccccc1. The van der Waals surface area contributed by atoms with Crippen molar-refractivity contribution >= 4 is 11.9 Å². The standard InChI is InChI=1S/C28H30N2/c1-2-3-4-6-15-23(20-22-13-7-5-8-14-22)21-29-30-28-26-18-11-9-16-24(26)25-17-10-12-19-27(25)28/h5,7-14,16-19,21,23H,2-4,6,15,20H2,1H3/b29-21-/t23-/m1/s1. The first-order chi connectivity index (χ1) is 14.9. The molecule has 1 atom stereocenters. The molecule has 0 saturated carbocycles. The normalized spacial score (nSPS) is 13.3. The molecule has 2 heteroatoms. The van der Waals surface area contributed by atoms with Gasteiger partial charge in [0.2, 0.25) is 0 Å². The van der Waals surface area contributed by atoms with Crippen molar-refractivity contribution in [3.63, 3.8) is 0 Å². The van der Waals surface area contributed by atoms with Crippen molar-refractivity contribution in [3.8, 4) is 11.1 Å². The third kappa shape index (κ3) is 4.76. The molecule has 152 valence electrons. The van der Waals surface area contributed by atoms with Gasteiger partial charge in [0.05, 0.1) is 0 Å². The molecule has 0 heterocycles. The van der Waals surface area contributed by atoms with Crippen LogP contribution in [0, 0.1) is 5.92 Å². The number of unbranched alkanes of at least 4 members (excludes halogenated alkanes) is 3. The summed E-state index contributed by atoms with van der Waals surface area (Å²) >= 11 is 0. The van der Waals surface area contributed by atoms with Gasteiger partial charge in [0.1, 0.15) is 5.71 Å². The fourth-order valence-corrected chi connectivity index (χ4v) is 4.27. The molecule has 3 aromatic rings. The molecule has 2 nitrogen and oxygen atoms in total. The van der Waals surface area contributed by atoms with E-state index in [-0.39, 0.29) is 0 Å². The van der Waals surface area contributed by atoms with Crippen LogP contribution in [-0.4, -0.2) is 11.9 Å². The molecule has 3 aromatic carbocycles. The van der Waals surface area contributed by atoms with Crippen LogP contribution in [0.1, 0.15) is 55.7 Å². The molecule has 30 heavy (non-hydrogen) atoms. The van der Waals surface area contributed by atoms with Gasteiger partial charge in [-0.15, -0.1) is 0 Å². The van der Waals surface area contributed by atoms with Gasteiger partial charge in [0.25, 0.3) is 0 Å². The van der Waals surface area contributed by atoms with Crippen molar-refractivity contribution in [1.82, 2.24) is 0 Å². The van der Waals surface area contributed by atoms with E-state index < -0.39 is 0 Å².